The summed E-state index contributed by atoms with van der Waals surface area (Å²) < 4.78 is 19.4. The van der Waals surface area contributed by atoms with E-state index in [4.69, 9.17) is 9.15 Å². The third-order valence-electron chi connectivity index (χ3n) is 18.4. The summed E-state index contributed by atoms with van der Waals surface area (Å²) in [6.45, 7) is -0.339. The van der Waals surface area contributed by atoms with E-state index in [1.54, 1.807) is 0 Å². The minimum absolute atomic E-state index is 0.135. The second-order valence-electron chi connectivity index (χ2n) is 22.3. The molecule has 0 amide bonds. The van der Waals surface area contributed by atoms with E-state index >= 15 is 0 Å². The molecule has 0 atom stereocenters. The van der Waals surface area contributed by atoms with Crippen LogP contribution in [-0.2, 0) is 0 Å². The Labute approximate surface area is 465 Å². The van der Waals surface area contributed by atoms with Gasteiger partial charge in [-0.15, -0.1) is 0 Å². The van der Waals surface area contributed by atoms with Crippen molar-refractivity contribution in [3.05, 3.63) is 249 Å². The Morgan fingerprint density at radius 3 is 1.32 bits per heavy atom. The van der Waals surface area contributed by atoms with Crippen molar-refractivity contribution in [3.63, 3.8) is 0 Å². The fourth-order valence-corrected chi connectivity index (χ4v) is 15.3. The molecule has 5 aliphatic heterocycles. The smallest absolute Gasteiger partial charge is 0.252 e. The predicted octanol–water partition coefficient (Wildman–Crippen LogP) is 14.6. The number of para-hydroxylation sites is 8. The van der Waals surface area contributed by atoms with Crippen molar-refractivity contribution in [1.82, 2.24) is 9.13 Å². The van der Waals surface area contributed by atoms with Crippen LogP contribution in [0.4, 0.5) is 51.2 Å². The summed E-state index contributed by atoms with van der Waals surface area (Å²) in [6, 6.07) is 91.8. The number of benzene rings is 12. The van der Waals surface area contributed by atoms with Gasteiger partial charge in [-0.1, -0.05) is 152 Å². The molecule has 7 nitrogen and oxygen atoms in total. The first-order valence-corrected chi connectivity index (χ1v) is 28.0. The minimum atomic E-state index is -0.203. The molecule has 0 bridgehead atoms. The van der Waals surface area contributed by atoms with Gasteiger partial charge < -0.3 is 33.0 Å². The van der Waals surface area contributed by atoms with Gasteiger partial charge in [-0.3, -0.25) is 0 Å². The average molecular weight is 1030 g/mol. The molecule has 8 heterocycles. The number of ether oxygens (including phenoxy) is 1. The van der Waals surface area contributed by atoms with Gasteiger partial charge in [0.15, 0.2) is 11.5 Å². The Balaban J connectivity index is 0.940. The number of rotatable bonds is 4. The van der Waals surface area contributed by atoms with Gasteiger partial charge in [0.25, 0.3) is 13.4 Å². The first-order chi connectivity index (χ1) is 40.2. The van der Waals surface area contributed by atoms with Crippen LogP contribution >= 0.6 is 0 Å². The van der Waals surface area contributed by atoms with Crippen LogP contribution in [0.15, 0.2) is 253 Å². The van der Waals surface area contributed by atoms with Gasteiger partial charge >= 0.3 is 0 Å². The van der Waals surface area contributed by atoms with E-state index in [0.717, 1.165) is 95.8 Å². The second kappa shape index (κ2) is 15.1. The zero-order valence-electron chi connectivity index (χ0n) is 43.4. The number of hydrogen-bond acceptors (Lipinski definition) is 5. The summed E-state index contributed by atoms with van der Waals surface area (Å²) in [7, 11) is 0. The summed E-state index contributed by atoms with van der Waals surface area (Å²) in [4.78, 5) is 7.74. The largest absolute Gasteiger partial charge is 0.456 e. The van der Waals surface area contributed by atoms with Gasteiger partial charge in [0.05, 0.1) is 38.8 Å². The molecule has 0 spiro atoms. The average Bonchev–Trinajstić information content (AvgIpc) is 1.50. The van der Waals surface area contributed by atoms with E-state index in [9.17, 15) is 0 Å². The molecule has 0 radical (unpaired) electrons. The van der Waals surface area contributed by atoms with Crippen LogP contribution < -0.4 is 52.2 Å². The maximum atomic E-state index is 7.54. The Hall–Kier alpha value is -10.6. The van der Waals surface area contributed by atoms with E-state index in [2.05, 4.69) is 273 Å². The molecule has 0 aliphatic carbocycles. The maximum absolute atomic E-state index is 7.54. The molecule has 0 N–H and O–H groups in total. The topological polar surface area (TPSA) is 42.0 Å². The standard InChI is InChI=1S/C72H41B2N5O2/c1-3-18-42(19-4-1)75-59-38-44(77-55-28-12-7-22-46(55)47-23-8-13-29-56(47)77)34-36-51(59)73-53-27-17-33-64-69(53)79-70-54(40-65-66(72(70)81-64)50-26-11-16-32-63(50)80-65)74-52-37-35-45(78-57-30-14-9-24-48(57)49-25-10-15-31-58(49)78)39-60(52)76(43-20-5-2-6-21-43)62-41-61(75)67(73)71(79)68(62)74/h1-41H. The summed E-state index contributed by atoms with van der Waals surface area (Å²) in [5.41, 5.74) is 26.1. The lowest BCUT2D eigenvalue weighted by Crippen LogP contribution is -2.69. The second-order valence-corrected chi connectivity index (χ2v) is 22.3. The third kappa shape index (κ3) is 5.27. The van der Waals surface area contributed by atoms with E-state index in [-0.39, 0.29) is 13.4 Å². The number of aromatic nitrogens is 2. The van der Waals surface area contributed by atoms with Gasteiger partial charge in [0.2, 0.25) is 0 Å². The summed E-state index contributed by atoms with van der Waals surface area (Å²) in [6.07, 6.45) is 0. The van der Waals surface area contributed by atoms with Crippen molar-refractivity contribution in [2.75, 3.05) is 14.7 Å². The van der Waals surface area contributed by atoms with Crippen molar-refractivity contribution in [2.45, 2.75) is 0 Å². The molecule has 15 aromatic rings. The Morgan fingerprint density at radius 2 is 0.778 bits per heavy atom. The third-order valence-corrected chi connectivity index (χ3v) is 18.4. The lowest BCUT2D eigenvalue weighted by molar-refractivity contribution is 0.483. The highest BCUT2D eigenvalue weighted by Gasteiger charge is 2.54. The van der Waals surface area contributed by atoms with Crippen molar-refractivity contribution < 1.29 is 9.15 Å². The van der Waals surface area contributed by atoms with Crippen molar-refractivity contribution in [2.24, 2.45) is 0 Å². The predicted molar refractivity (Wildman–Crippen MR) is 336 cm³/mol. The van der Waals surface area contributed by atoms with Crippen LogP contribution in [0.1, 0.15) is 0 Å². The molecule has 0 saturated carbocycles. The number of anilines is 9. The lowest BCUT2D eigenvalue weighted by Gasteiger charge is -2.52. The molecule has 20 rings (SSSR count). The van der Waals surface area contributed by atoms with Crippen LogP contribution in [0.2, 0.25) is 0 Å². The van der Waals surface area contributed by atoms with Crippen molar-refractivity contribution in [1.29, 1.82) is 0 Å². The van der Waals surface area contributed by atoms with Gasteiger partial charge in [0, 0.05) is 78.1 Å². The molecule has 0 unspecified atom stereocenters. The van der Waals surface area contributed by atoms with Gasteiger partial charge in [0.1, 0.15) is 11.2 Å². The highest BCUT2D eigenvalue weighted by molar-refractivity contribution is 7.05. The Bertz CT molecular complexity index is 5230. The van der Waals surface area contributed by atoms with Gasteiger partial charge in [-0.25, -0.2) is 0 Å². The number of hydrogen-bond donors (Lipinski definition) is 0. The summed E-state index contributed by atoms with van der Waals surface area (Å²) in [5, 5.41) is 6.98. The molecular weight excluding hydrogens is 988 g/mol. The molecule has 372 valence electrons. The van der Waals surface area contributed by atoms with Crippen LogP contribution in [-0.4, -0.2) is 22.6 Å². The van der Waals surface area contributed by atoms with Crippen LogP contribution in [0.3, 0.4) is 0 Å². The molecule has 81 heavy (non-hydrogen) atoms. The highest BCUT2D eigenvalue weighted by atomic mass is 16.5. The molecule has 0 saturated heterocycles. The Kier molecular flexibility index (Phi) is 7.92. The molecule has 5 aliphatic rings. The van der Waals surface area contributed by atoms with E-state index in [1.807, 2.05) is 0 Å². The van der Waals surface area contributed by atoms with Crippen LogP contribution in [0.25, 0.3) is 76.9 Å². The SMILES string of the molecule is c1ccc(N2c3cc(-n4c5ccccc5c5ccccc54)ccc3B3c4cccc5c4N4c6c3c2cc2c6B(c3ccc(-n6c7ccccc7c7ccccc76)cc3N2c2ccccc2)c2cc3oc6ccccc6c3c(c24)O5)cc1. The molecule has 0 fully saturated rings. The summed E-state index contributed by atoms with van der Waals surface area (Å²) >= 11 is 0. The van der Waals surface area contributed by atoms with Crippen LogP contribution in [0, 0.1) is 0 Å². The minimum Gasteiger partial charge on any atom is -0.456 e. The Morgan fingerprint density at radius 1 is 0.296 bits per heavy atom. The number of fused-ring (bicyclic) bond motifs is 16. The monoisotopic (exact) mass is 1030 g/mol. The van der Waals surface area contributed by atoms with Crippen molar-refractivity contribution in [3.8, 4) is 22.9 Å². The van der Waals surface area contributed by atoms with E-state index in [1.165, 1.54) is 76.6 Å². The van der Waals surface area contributed by atoms with Crippen LogP contribution in [0.5, 0.6) is 11.5 Å². The molecule has 12 aromatic carbocycles. The fourth-order valence-electron chi connectivity index (χ4n) is 15.3. The van der Waals surface area contributed by atoms with Gasteiger partial charge in [-0.05, 0) is 130 Å². The van der Waals surface area contributed by atoms with E-state index < -0.39 is 0 Å². The highest BCUT2D eigenvalue weighted by Crippen LogP contribution is 2.58. The normalized spacial score (nSPS) is 13.9. The van der Waals surface area contributed by atoms with Crippen molar-refractivity contribution >= 4 is 163 Å². The first-order valence-electron chi connectivity index (χ1n) is 28.0. The molecule has 9 heteroatoms. The first kappa shape index (κ1) is 42.4. The van der Waals surface area contributed by atoms with E-state index in [0.29, 0.717) is 0 Å². The maximum Gasteiger partial charge on any atom is 0.252 e. The fraction of sp³-hybridized carbons (Fsp3) is 0. The molecular formula is C72H41B2N5O2. The summed E-state index contributed by atoms with van der Waals surface area (Å²) in [5.74, 6) is 1.68. The zero-order chi connectivity index (χ0) is 52.3. The molecule has 3 aromatic heterocycles. The van der Waals surface area contributed by atoms with Gasteiger partial charge in [-0.2, -0.15) is 0 Å². The number of furan rings is 1. The quantitative estimate of drug-likeness (QED) is 0.164. The lowest BCUT2D eigenvalue weighted by atomic mass is 9.28. The number of nitrogens with zero attached hydrogens (tertiary/aromatic N) is 5. The zero-order valence-corrected chi connectivity index (χ0v) is 43.4.